The zero-order chi connectivity index (χ0) is 19.2. The molecule has 0 aliphatic heterocycles. The quantitative estimate of drug-likeness (QED) is 0.510. The smallest absolute Gasteiger partial charge is 0.304 e. The average Bonchev–Trinajstić information content (AvgIpc) is 2.69. The maximum absolute atomic E-state index is 10.4. The third kappa shape index (κ3) is 9.61. The monoisotopic (exact) mass is 367 g/mol. The van der Waals surface area contributed by atoms with Gasteiger partial charge < -0.3 is 15.2 Å². The van der Waals surface area contributed by atoms with Gasteiger partial charge in [0, 0.05) is 13.1 Å². The molecular weight excluding hydrogens is 338 g/mol. The molecule has 0 saturated heterocycles. The summed E-state index contributed by atoms with van der Waals surface area (Å²) in [6.07, 6.45) is 8.71. The number of carboxylic acids is 1. The zero-order valence-corrected chi connectivity index (χ0v) is 15.8. The number of nitrogens with one attached hydrogen (secondary N) is 1. The highest BCUT2D eigenvalue weighted by Crippen LogP contribution is 2.14. The Morgan fingerprint density at radius 2 is 1.78 bits per heavy atom. The fraction of sp³-hybridized carbons (Fsp3) is 0.348. The molecule has 2 N–H and O–H groups in total. The van der Waals surface area contributed by atoms with Gasteiger partial charge in [0.05, 0.1) is 13.0 Å². The Balaban J connectivity index is 1.55. The lowest BCUT2D eigenvalue weighted by Gasteiger charge is -2.06. The molecule has 2 aromatic carbocycles. The van der Waals surface area contributed by atoms with E-state index in [9.17, 15) is 4.79 Å². The van der Waals surface area contributed by atoms with E-state index in [0.717, 1.165) is 30.8 Å². The number of unbranched alkanes of at least 4 members (excludes halogenated alkanes) is 2. The molecule has 0 aliphatic carbocycles. The molecule has 0 bridgehead atoms. The summed E-state index contributed by atoms with van der Waals surface area (Å²) in [4.78, 5) is 10.4. The summed E-state index contributed by atoms with van der Waals surface area (Å²) in [5.74, 6) is 0.119. The molecule has 144 valence electrons. The molecule has 0 radical (unpaired) electrons. The number of rotatable bonds is 13. The van der Waals surface area contributed by atoms with Crippen LogP contribution in [-0.2, 0) is 11.2 Å². The van der Waals surface area contributed by atoms with Gasteiger partial charge in [0.25, 0.3) is 0 Å². The van der Waals surface area contributed by atoms with Crippen molar-refractivity contribution in [1.82, 2.24) is 5.32 Å². The van der Waals surface area contributed by atoms with Crippen LogP contribution in [0.5, 0.6) is 5.75 Å². The van der Waals surface area contributed by atoms with Crippen LogP contribution in [0.25, 0.3) is 6.08 Å². The minimum Gasteiger partial charge on any atom is -0.494 e. The number of carboxylic acid groups (broad SMARTS) is 1. The summed E-state index contributed by atoms with van der Waals surface area (Å²) in [6.45, 7) is 1.89. The van der Waals surface area contributed by atoms with Gasteiger partial charge in [-0.25, -0.2) is 0 Å². The Labute approximate surface area is 161 Å². The van der Waals surface area contributed by atoms with Gasteiger partial charge >= 0.3 is 5.97 Å². The molecule has 27 heavy (non-hydrogen) atoms. The fourth-order valence-electron chi connectivity index (χ4n) is 2.69. The van der Waals surface area contributed by atoms with Gasteiger partial charge in [-0.2, -0.15) is 0 Å². The van der Waals surface area contributed by atoms with Crippen LogP contribution in [0, 0.1) is 0 Å². The van der Waals surface area contributed by atoms with Crippen molar-refractivity contribution in [1.29, 1.82) is 0 Å². The Bertz CT molecular complexity index is 681. The summed E-state index contributed by atoms with van der Waals surface area (Å²) in [6, 6.07) is 18.6. The van der Waals surface area contributed by atoms with Crippen molar-refractivity contribution in [3.63, 3.8) is 0 Å². The maximum atomic E-state index is 10.4. The first-order chi connectivity index (χ1) is 13.2. The molecule has 2 rings (SSSR count). The molecule has 4 nitrogen and oxygen atoms in total. The zero-order valence-electron chi connectivity index (χ0n) is 15.8. The van der Waals surface area contributed by atoms with Gasteiger partial charge in [-0.1, -0.05) is 54.6 Å². The van der Waals surface area contributed by atoms with Crippen molar-refractivity contribution < 1.29 is 14.6 Å². The second-order valence-electron chi connectivity index (χ2n) is 6.46. The third-order valence-corrected chi connectivity index (χ3v) is 4.19. The van der Waals surface area contributed by atoms with E-state index in [1.54, 1.807) is 0 Å². The number of aryl methyl sites for hydroxylation is 1. The van der Waals surface area contributed by atoms with Crippen LogP contribution in [-0.4, -0.2) is 30.8 Å². The topological polar surface area (TPSA) is 58.6 Å². The standard InChI is InChI=1S/C23H29NO3/c25-23(26)16-18-24-17-7-11-21-12-14-22(15-13-21)27-19-6-2-5-10-20-8-3-1-4-9-20/h1,3-4,7-9,11-15,24H,2,5-6,10,16-19H2,(H,25,26)/b11-7+. The lowest BCUT2D eigenvalue weighted by Crippen LogP contribution is -2.17. The summed E-state index contributed by atoms with van der Waals surface area (Å²) in [7, 11) is 0. The summed E-state index contributed by atoms with van der Waals surface area (Å²) >= 11 is 0. The van der Waals surface area contributed by atoms with Crippen molar-refractivity contribution in [2.24, 2.45) is 0 Å². The van der Waals surface area contributed by atoms with Crippen LogP contribution < -0.4 is 10.1 Å². The molecule has 2 aromatic rings. The van der Waals surface area contributed by atoms with Gasteiger partial charge in [-0.05, 0) is 48.9 Å². The number of aliphatic carboxylic acids is 1. The second-order valence-corrected chi connectivity index (χ2v) is 6.46. The number of carbonyl (C=O) groups is 1. The summed E-state index contributed by atoms with van der Waals surface area (Å²) in [5.41, 5.74) is 2.50. The van der Waals surface area contributed by atoms with E-state index in [-0.39, 0.29) is 6.42 Å². The Hall–Kier alpha value is -2.59. The molecule has 0 aliphatic rings. The van der Waals surface area contributed by atoms with Crippen LogP contribution in [0.2, 0.25) is 0 Å². The first kappa shape index (κ1) is 20.7. The van der Waals surface area contributed by atoms with Crippen molar-refractivity contribution in [3.8, 4) is 5.75 Å². The Kier molecular flexibility index (Phi) is 9.76. The lowest BCUT2D eigenvalue weighted by atomic mass is 10.1. The second kappa shape index (κ2) is 12.7. The van der Waals surface area contributed by atoms with E-state index in [1.165, 1.54) is 18.4 Å². The predicted octanol–water partition coefficient (Wildman–Crippen LogP) is 4.56. The van der Waals surface area contributed by atoms with Crippen LogP contribution in [0.3, 0.4) is 0 Å². The molecule has 0 unspecified atom stereocenters. The van der Waals surface area contributed by atoms with E-state index in [4.69, 9.17) is 9.84 Å². The largest absolute Gasteiger partial charge is 0.494 e. The molecule has 0 spiro atoms. The van der Waals surface area contributed by atoms with Gasteiger partial charge in [0.1, 0.15) is 5.75 Å². The summed E-state index contributed by atoms with van der Waals surface area (Å²) < 4.78 is 5.80. The number of benzene rings is 2. The first-order valence-corrected chi connectivity index (χ1v) is 9.60. The molecule has 0 fully saturated rings. The molecule has 0 heterocycles. The highest BCUT2D eigenvalue weighted by atomic mass is 16.5. The number of ether oxygens (including phenoxy) is 1. The van der Waals surface area contributed by atoms with Gasteiger partial charge in [-0.15, -0.1) is 0 Å². The van der Waals surface area contributed by atoms with E-state index < -0.39 is 5.97 Å². The maximum Gasteiger partial charge on any atom is 0.304 e. The Morgan fingerprint density at radius 3 is 2.52 bits per heavy atom. The number of hydrogen-bond acceptors (Lipinski definition) is 3. The Morgan fingerprint density at radius 1 is 1.00 bits per heavy atom. The molecule has 0 atom stereocenters. The molecule has 0 aromatic heterocycles. The predicted molar refractivity (Wildman–Crippen MR) is 110 cm³/mol. The van der Waals surface area contributed by atoms with Crippen LogP contribution in [0.1, 0.15) is 36.8 Å². The van der Waals surface area contributed by atoms with Crippen LogP contribution in [0.15, 0.2) is 60.7 Å². The molecule has 4 heteroatoms. The fourth-order valence-corrected chi connectivity index (χ4v) is 2.69. The molecule has 0 saturated carbocycles. The number of hydrogen-bond donors (Lipinski definition) is 2. The van der Waals surface area contributed by atoms with E-state index >= 15 is 0 Å². The highest BCUT2D eigenvalue weighted by molar-refractivity contribution is 5.66. The van der Waals surface area contributed by atoms with Crippen molar-refractivity contribution in [2.75, 3.05) is 19.7 Å². The average molecular weight is 367 g/mol. The minimum absolute atomic E-state index is 0.145. The SMILES string of the molecule is O=C(O)CCNC/C=C/c1ccc(OCCCCCc2ccccc2)cc1. The molecule has 0 amide bonds. The van der Waals surface area contributed by atoms with Crippen molar-refractivity contribution >= 4 is 12.0 Å². The first-order valence-electron chi connectivity index (χ1n) is 9.60. The van der Waals surface area contributed by atoms with Crippen molar-refractivity contribution in [2.45, 2.75) is 32.1 Å². The van der Waals surface area contributed by atoms with Gasteiger partial charge in [0.2, 0.25) is 0 Å². The van der Waals surface area contributed by atoms with Crippen LogP contribution in [0.4, 0.5) is 0 Å². The lowest BCUT2D eigenvalue weighted by molar-refractivity contribution is -0.136. The van der Waals surface area contributed by atoms with Gasteiger partial charge in [0.15, 0.2) is 0 Å². The molecular formula is C23H29NO3. The highest BCUT2D eigenvalue weighted by Gasteiger charge is 1.96. The third-order valence-electron chi connectivity index (χ3n) is 4.19. The van der Waals surface area contributed by atoms with E-state index in [1.807, 2.05) is 36.4 Å². The van der Waals surface area contributed by atoms with Crippen LogP contribution >= 0.6 is 0 Å². The van der Waals surface area contributed by atoms with E-state index in [2.05, 4.69) is 35.6 Å². The van der Waals surface area contributed by atoms with Gasteiger partial charge in [-0.3, -0.25) is 4.79 Å². The summed E-state index contributed by atoms with van der Waals surface area (Å²) in [5, 5.41) is 11.6. The van der Waals surface area contributed by atoms with E-state index in [0.29, 0.717) is 13.1 Å². The minimum atomic E-state index is -0.779. The normalized spacial score (nSPS) is 11.0. The van der Waals surface area contributed by atoms with Crippen molar-refractivity contribution in [3.05, 3.63) is 71.8 Å².